The normalized spacial score (nSPS) is 11.8. The lowest BCUT2D eigenvalue weighted by Gasteiger charge is -1.92. The van der Waals surface area contributed by atoms with Crippen LogP contribution in [0.4, 0.5) is 0 Å². The second-order valence-corrected chi connectivity index (χ2v) is 4.89. The molecule has 0 bridgehead atoms. The van der Waals surface area contributed by atoms with E-state index in [0.29, 0.717) is 0 Å². The summed E-state index contributed by atoms with van der Waals surface area (Å²) in [4.78, 5) is 7.74. The Labute approximate surface area is 95.5 Å². The van der Waals surface area contributed by atoms with Gasteiger partial charge < -0.3 is 4.98 Å². The summed E-state index contributed by atoms with van der Waals surface area (Å²) >= 11 is 1.82. The second kappa shape index (κ2) is 2.83. The average Bonchev–Trinajstić information content (AvgIpc) is 2.92. The maximum atomic E-state index is 4.47. The minimum atomic E-state index is 1.04. The van der Waals surface area contributed by atoms with Gasteiger partial charge in [0.2, 0.25) is 0 Å². The first-order chi connectivity index (χ1) is 7.93. The van der Waals surface area contributed by atoms with Crippen LogP contribution in [0.5, 0.6) is 0 Å². The van der Waals surface area contributed by atoms with Gasteiger partial charge in [-0.3, -0.25) is 4.98 Å². The summed E-state index contributed by atoms with van der Waals surface area (Å²) in [6.45, 7) is 0. The fourth-order valence-electron chi connectivity index (χ4n) is 2.16. The summed E-state index contributed by atoms with van der Waals surface area (Å²) in [5, 5.41) is 2.54. The van der Waals surface area contributed by atoms with Gasteiger partial charge in [-0.2, -0.15) is 0 Å². The van der Waals surface area contributed by atoms with Crippen molar-refractivity contribution in [3.8, 4) is 0 Å². The van der Waals surface area contributed by atoms with E-state index in [1.165, 1.54) is 20.2 Å². The lowest BCUT2D eigenvalue weighted by molar-refractivity contribution is 1.45. The van der Waals surface area contributed by atoms with E-state index in [1.807, 2.05) is 29.8 Å². The molecule has 16 heavy (non-hydrogen) atoms. The van der Waals surface area contributed by atoms with Gasteiger partial charge in [0.25, 0.3) is 0 Å². The summed E-state index contributed by atoms with van der Waals surface area (Å²) in [5.74, 6) is 0. The quantitative estimate of drug-likeness (QED) is 0.481. The lowest BCUT2D eigenvalue weighted by atomic mass is 10.2. The van der Waals surface area contributed by atoms with Crippen molar-refractivity contribution in [3.63, 3.8) is 0 Å². The van der Waals surface area contributed by atoms with Crippen LogP contribution in [0.15, 0.2) is 42.7 Å². The first-order valence-electron chi connectivity index (χ1n) is 5.17. The molecule has 0 spiro atoms. The molecule has 0 unspecified atom stereocenters. The van der Waals surface area contributed by atoms with Crippen LogP contribution in [0.1, 0.15) is 0 Å². The Morgan fingerprint density at radius 3 is 3.00 bits per heavy atom. The third kappa shape index (κ3) is 0.933. The molecule has 2 nitrogen and oxygen atoms in total. The van der Waals surface area contributed by atoms with Gasteiger partial charge in [0, 0.05) is 27.9 Å². The number of aromatic nitrogens is 2. The zero-order valence-corrected chi connectivity index (χ0v) is 9.21. The molecule has 3 aromatic heterocycles. The van der Waals surface area contributed by atoms with E-state index in [-0.39, 0.29) is 0 Å². The Kier molecular flexibility index (Phi) is 1.47. The van der Waals surface area contributed by atoms with E-state index in [2.05, 4.69) is 34.2 Å². The fraction of sp³-hybridized carbons (Fsp3) is 0. The molecule has 4 aromatic rings. The molecule has 3 heteroatoms. The summed E-state index contributed by atoms with van der Waals surface area (Å²) in [6, 6.07) is 10.5. The number of hydrogen-bond acceptors (Lipinski definition) is 2. The van der Waals surface area contributed by atoms with Gasteiger partial charge in [0.05, 0.1) is 15.7 Å². The molecular weight excluding hydrogens is 216 g/mol. The summed E-state index contributed by atoms with van der Waals surface area (Å²) < 4.78 is 2.62. The predicted molar refractivity (Wildman–Crippen MR) is 69.0 cm³/mol. The zero-order valence-electron chi connectivity index (χ0n) is 8.40. The van der Waals surface area contributed by atoms with Crippen molar-refractivity contribution in [1.82, 2.24) is 9.97 Å². The zero-order chi connectivity index (χ0) is 10.5. The van der Waals surface area contributed by atoms with Crippen molar-refractivity contribution in [3.05, 3.63) is 42.7 Å². The number of aromatic amines is 1. The van der Waals surface area contributed by atoms with Gasteiger partial charge in [-0.1, -0.05) is 18.2 Å². The summed E-state index contributed by atoms with van der Waals surface area (Å²) in [6.07, 6.45) is 3.92. The molecule has 0 aliphatic heterocycles. The van der Waals surface area contributed by atoms with Crippen LogP contribution < -0.4 is 0 Å². The molecule has 0 saturated carbocycles. The second-order valence-electron chi connectivity index (χ2n) is 3.84. The fourth-order valence-corrected chi connectivity index (χ4v) is 3.36. The molecule has 0 aliphatic carbocycles. The van der Waals surface area contributed by atoms with Crippen LogP contribution in [-0.4, -0.2) is 9.97 Å². The van der Waals surface area contributed by atoms with E-state index >= 15 is 0 Å². The van der Waals surface area contributed by atoms with Crippen LogP contribution in [0.2, 0.25) is 0 Å². The highest BCUT2D eigenvalue weighted by Gasteiger charge is 2.08. The topological polar surface area (TPSA) is 28.7 Å². The Morgan fingerprint density at radius 2 is 2.00 bits per heavy atom. The van der Waals surface area contributed by atoms with E-state index in [1.54, 1.807) is 0 Å². The van der Waals surface area contributed by atoms with E-state index in [9.17, 15) is 0 Å². The van der Waals surface area contributed by atoms with Crippen molar-refractivity contribution in [2.45, 2.75) is 0 Å². The van der Waals surface area contributed by atoms with Crippen molar-refractivity contribution in [2.24, 2.45) is 0 Å². The van der Waals surface area contributed by atoms with Gasteiger partial charge in [0.1, 0.15) is 0 Å². The van der Waals surface area contributed by atoms with Gasteiger partial charge in [-0.25, -0.2) is 0 Å². The SMILES string of the molecule is c1ccc2c(c1)sc1c2cnc2cc[nH]c21. The number of nitrogens with one attached hydrogen (secondary N) is 1. The van der Waals surface area contributed by atoms with Crippen molar-refractivity contribution in [1.29, 1.82) is 0 Å². The number of rotatable bonds is 0. The number of nitrogens with zero attached hydrogens (tertiary/aromatic N) is 1. The lowest BCUT2D eigenvalue weighted by Crippen LogP contribution is -1.74. The Morgan fingerprint density at radius 1 is 1.06 bits per heavy atom. The molecule has 0 aliphatic rings. The van der Waals surface area contributed by atoms with Crippen molar-refractivity contribution < 1.29 is 0 Å². The third-order valence-corrected chi connectivity index (χ3v) is 4.12. The molecule has 1 N–H and O–H groups in total. The standard InChI is InChI=1S/C13H8N2S/c1-2-4-11-8(3-1)9-7-15-10-5-6-14-12(10)13(9)16-11/h1-7,14H. The van der Waals surface area contributed by atoms with Crippen LogP contribution in [0, 0.1) is 0 Å². The Bertz CT molecular complexity index is 810. The maximum Gasteiger partial charge on any atom is 0.0893 e. The molecule has 0 saturated heterocycles. The van der Waals surface area contributed by atoms with Gasteiger partial charge >= 0.3 is 0 Å². The van der Waals surface area contributed by atoms with Crippen LogP contribution in [-0.2, 0) is 0 Å². The Hall–Kier alpha value is -1.87. The highest BCUT2D eigenvalue weighted by molar-refractivity contribution is 7.26. The third-order valence-electron chi connectivity index (χ3n) is 2.92. The first kappa shape index (κ1) is 8.30. The summed E-state index contributed by atoms with van der Waals surface area (Å²) in [7, 11) is 0. The number of fused-ring (bicyclic) bond motifs is 5. The molecule has 0 amide bonds. The van der Waals surface area contributed by atoms with E-state index < -0.39 is 0 Å². The van der Waals surface area contributed by atoms with E-state index in [4.69, 9.17) is 0 Å². The van der Waals surface area contributed by atoms with Crippen LogP contribution in [0.3, 0.4) is 0 Å². The highest BCUT2D eigenvalue weighted by Crippen LogP contribution is 2.36. The monoisotopic (exact) mass is 224 g/mol. The van der Waals surface area contributed by atoms with Crippen molar-refractivity contribution >= 4 is 42.5 Å². The Balaban J connectivity index is 2.38. The van der Waals surface area contributed by atoms with Gasteiger partial charge in [-0.05, 0) is 12.1 Å². The largest absolute Gasteiger partial charge is 0.359 e. The van der Waals surface area contributed by atoms with Crippen molar-refractivity contribution in [2.75, 3.05) is 0 Å². The van der Waals surface area contributed by atoms with Gasteiger partial charge in [-0.15, -0.1) is 11.3 Å². The molecule has 0 radical (unpaired) electrons. The molecule has 3 heterocycles. The number of thiophene rings is 1. The molecule has 76 valence electrons. The molecule has 4 rings (SSSR count). The number of benzene rings is 1. The average molecular weight is 224 g/mol. The molecule has 0 fully saturated rings. The minimum Gasteiger partial charge on any atom is -0.359 e. The number of H-pyrrole nitrogens is 1. The smallest absolute Gasteiger partial charge is 0.0893 e. The predicted octanol–water partition coefficient (Wildman–Crippen LogP) is 3.93. The summed E-state index contributed by atoms with van der Waals surface area (Å²) in [5.41, 5.74) is 2.19. The van der Waals surface area contributed by atoms with E-state index in [0.717, 1.165) is 11.0 Å². The molecule has 1 aromatic carbocycles. The van der Waals surface area contributed by atoms with Crippen LogP contribution >= 0.6 is 11.3 Å². The number of pyridine rings is 1. The number of hydrogen-bond donors (Lipinski definition) is 1. The maximum absolute atomic E-state index is 4.47. The van der Waals surface area contributed by atoms with Gasteiger partial charge in [0.15, 0.2) is 0 Å². The molecule has 0 atom stereocenters. The molecular formula is C13H8N2S. The van der Waals surface area contributed by atoms with Crippen LogP contribution in [0.25, 0.3) is 31.2 Å². The first-order valence-corrected chi connectivity index (χ1v) is 5.98. The minimum absolute atomic E-state index is 1.04. The highest BCUT2D eigenvalue weighted by atomic mass is 32.1.